The van der Waals surface area contributed by atoms with Crippen molar-refractivity contribution in [3.63, 3.8) is 0 Å². The highest BCUT2D eigenvalue weighted by Gasteiger charge is 2.20. The molecule has 102 valence electrons. The molecule has 1 aromatic carbocycles. The number of hydrogen-bond donors (Lipinski definition) is 1. The number of methoxy groups -OCH3 is 1. The zero-order chi connectivity index (χ0) is 13.8. The average Bonchev–Trinajstić information content (AvgIpc) is 2.78. The molecule has 2 rings (SSSR count). The first-order valence-corrected chi connectivity index (χ1v) is 6.72. The largest absolute Gasteiger partial charge is 0.373 e. The van der Waals surface area contributed by atoms with E-state index in [-0.39, 0.29) is 11.9 Å². The molecular weight excluding hydrogens is 238 g/mol. The molecule has 0 saturated carbocycles. The minimum absolute atomic E-state index is 0.183. The van der Waals surface area contributed by atoms with Gasteiger partial charge in [-0.25, -0.2) is 0 Å². The van der Waals surface area contributed by atoms with Crippen molar-refractivity contribution >= 4 is 16.7 Å². The Labute approximate surface area is 114 Å². The van der Waals surface area contributed by atoms with Crippen molar-refractivity contribution in [2.24, 2.45) is 5.92 Å². The van der Waals surface area contributed by atoms with Crippen LogP contribution in [0.4, 0.5) is 0 Å². The molecule has 3 nitrogen and oxygen atoms in total. The van der Waals surface area contributed by atoms with Gasteiger partial charge in [-0.3, -0.25) is 4.79 Å². The van der Waals surface area contributed by atoms with E-state index in [1.165, 1.54) is 5.39 Å². The summed E-state index contributed by atoms with van der Waals surface area (Å²) in [6, 6.07) is 8.12. The molecule has 1 heterocycles. The number of carbonyl (C=O) groups is 1. The number of fused-ring (bicyclic) bond motifs is 1. The molecule has 2 aromatic rings. The number of hydrogen-bond acceptors (Lipinski definition) is 2. The van der Waals surface area contributed by atoms with Gasteiger partial charge in [0.05, 0.1) is 0 Å². The molecule has 19 heavy (non-hydrogen) atoms. The third kappa shape index (κ3) is 3.24. The van der Waals surface area contributed by atoms with Gasteiger partial charge in [-0.2, -0.15) is 0 Å². The van der Waals surface area contributed by atoms with E-state index >= 15 is 0 Å². The van der Waals surface area contributed by atoms with Crippen LogP contribution in [0.25, 0.3) is 10.9 Å². The number of nitrogens with one attached hydrogen (secondary N) is 1. The summed E-state index contributed by atoms with van der Waals surface area (Å²) in [5.41, 5.74) is 2.24. The zero-order valence-corrected chi connectivity index (χ0v) is 11.8. The summed E-state index contributed by atoms with van der Waals surface area (Å²) in [6.07, 6.45) is 2.83. The third-order valence-corrected chi connectivity index (χ3v) is 3.33. The summed E-state index contributed by atoms with van der Waals surface area (Å²) in [4.78, 5) is 15.3. The molecule has 0 radical (unpaired) electrons. The van der Waals surface area contributed by atoms with E-state index < -0.39 is 0 Å². The number of aromatic nitrogens is 1. The number of H-pyrrole nitrogens is 1. The fraction of sp³-hybridized carbons (Fsp3) is 0.438. The number of ether oxygens (including phenoxy) is 1. The van der Waals surface area contributed by atoms with Gasteiger partial charge in [-0.1, -0.05) is 32.0 Å². The Morgan fingerprint density at radius 3 is 2.74 bits per heavy atom. The van der Waals surface area contributed by atoms with Crippen LogP contribution >= 0.6 is 0 Å². The second kappa shape index (κ2) is 6.02. The molecule has 1 atom stereocenters. The minimum atomic E-state index is -0.346. The Morgan fingerprint density at radius 2 is 2.05 bits per heavy atom. The van der Waals surface area contributed by atoms with E-state index in [0.29, 0.717) is 18.8 Å². The average molecular weight is 259 g/mol. The second-order valence-corrected chi connectivity index (χ2v) is 5.35. The first-order chi connectivity index (χ1) is 9.11. The van der Waals surface area contributed by atoms with E-state index in [1.807, 2.05) is 24.4 Å². The van der Waals surface area contributed by atoms with Gasteiger partial charge in [-0.15, -0.1) is 0 Å². The maximum absolute atomic E-state index is 12.1. The van der Waals surface area contributed by atoms with Crippen LogP contribution in [-0.2, 0) is 16.0 Å². The standard InChI is InChI=1S/C16H21NO2/c1-11(2)8-15(18)16(19-3)9-12-10-17-14-7-5-4-6-13(12)14/h4-7,10-11,16-17H,8-9H2,1-3H3/t16-/m0/s1. The summed E-state index contributed by atoms with van der Waals surface area (Å²) < 4.78 is 5.37. The summed E-state index contributed by atoms with van der Waals surface area (Å²) in [5.74, 6) is 0.552. The number of carbonyl (C=O) groups excluding carboxylic acids is 1. The van der Waals surface area contributed by atoms with Crippen molar-refractivity contribution in [3.05, 3.63) is 36.0 Å². The van der Waals surface area contributed by atoms with Crippen molar-refractivity contribution in [3.8, 4) is 0 Å². The summed E-state index contributed by atoms with van der Waals surface area (Å²) >= 11 is 0. The van der Waals surface area contributed by atoms with Gasteiger partial charge in [0.25, 0.3) is 0 Å². The molecule has 0 amide bonds. The molecule has 0 saturated heterocycles. The highest BCUT2D eigenvalue weighted by atomic mass is 16.5. The molecule has 0 aliphatic carbocycles. The number of ketones is 1. The zero-order valence-electron chi connectivity index (χ0n) is 11.8. The normalized spacial score (nSPS) is 13.1. The summed E-state index contributed by atoms with van der Waals surface area (Å²) in [5, 5.41) is 1.17. The predicted octanol–water partition coefficient (Wildman–Crippen LogP) is 3.34. The summed E-state index contributed by atoms with van der Waals surface area (Å²) in [7, 11) is 1.61. The highest BCUT2D eigenvalue weighted by Crippen LogP contribution is 2.20. The van der Waals surface area contributed by atoms with E-state index in [4.69, 9.17) is 4.74 Å². The lowest BCUT2D eigenvalue weighted by Gasteiger charge is -2.15. The summed E-state index contributed by atoms with van der Waals surface area (Å²) in [6.45, 7) is 4.10. The molecule has 0 spiro atoms. The Bertz CT molecular complexity index is 557. The molecule has 0 unspecified atom stereocenters. The maximum Gasteiger partial charge on any atom is 0.162 e. The van der Waals surface area contributed by atoms with Gasteiger partial charge >= 0.3 is 0 Å². The van der Waals surface area contributed by atoms with E-state index in [9.17, 15) is 4.79 Å². The minimum Gasteiger partial charge on any atom is -0.373 e. The van der Waals surface area contributed by atoms with Gasteiger partial charge < -0.3 is 9.72 Å². The topological polar surface area (TPSA) is 42.1 Å². The quantitative estimate of drug-likeness (QED) is 0.864. The highest BCUT2D eigenvalue weighted by molar-refractivity contribution is 5.86. The molecule has 0 fully saturated rings. The van der Waals surface area contributed by atoms with Gasteiger partial charge in [-0.05, 0) is 17.5 Å². The van der Waals surface area contributed by atoms with Crippen LogP contribution in [0.2, 0.25) is 0 Å². The van der Waals surface area contributed by atoms with Crippen LogP contribution in [-0.4, -0.2) is 24.0 Å². The Morgan fingerprint density at radius 1 is 1.32 bits per heavy atom. The first kappa shape index (κ1) is 13.8. The number of para-hydroxylation sites is 1. The van der Waals surface area contributed by atoms with Gasteiger partial charge in [0.1, 0.15) is 6.10 Å². The van der Waals surface area contributed by atoms with Gasteiger partial charge in [0.15, 0.2) is 5.78 Å². The molecular formula is C16H21NO2. The molecule has 0 aliphatic heterocycles. The van der Waals surface area contributed by atoms with Crippen molar-refractivity contribution in [1.29, 1.82) is 0 Å². The number of aromatic amines is 1. The van der Waals surface area contributed by atoms with Crippen molar-refractivity contribution in [2.75, 3.05) is 7.11 Å². The number of rotatable bonds is 6. The molecule has 1 aromatic heterocycles. The monoisotopic (exact) mass is 259 g/mol. The van der Waals surface area contributed by atoms with Crippen molar-refractivity contribution in [1.82, 2.24) is 4.98 Å². The van der Waals surface area contributed by atoms with E-state index in [1.54, 1.807) is 7.11 Å². The molecule has 0 aliphatic rings. The fourth-order valence-corrected chi connectivity index (χ4v) is 2.36. The molecule has 0 bridgehead atoms. The second-order valence-electron chi connectivity index (χ2n) is 5.35. The van der Waals surface area contributed by atoms with Crippen LogP contribution in [0, 0.1) is 5.92 Å². The molecule has 1 N–H and O–H groups in total. The molecule has 3 heteroatoms. The lowest BCUT2D eigenvalue weighted by Crippen LogP contribution is -2.26. The Hall–Kier alpha value is -1.61. The fourth-order valence-electron chi connectivity index (χ4n) is 2.36. The maximum atomic E-state index is 12.1. The van der Waals surface area contributed by atoms with E-state index in [2.05, 4.69) is 24.9 Å². The van der Waals surface area contributed by atoms with Crippen LogP contribution < -0.4 is 0 Å². The Kier molecular flexibility index (Phi) is 4.38. The third-order valence-electron chi connectivity index (χ3n) is 3.33. The lowest BCUT2D eigenvalue weighted by atomic mass is 9.98. The SMILES string of the molecule is CO[C@@H](Cc1c[nH]c2ccccc12)C(=O)CC(C)C. The predicted molar refractivity (Wildman–Crippen MR) is 77.3 cm³/mol. The van der Waals surface area contributed by atoms with Crippen LogP contribution in [0.1, 0.15) is 25.8 Å². The van der Waals surface area contributed by atoms with E-state index in [0.717, 1.165) is 11.1 Å². The number of Topliss-reactive ketones (excluding diaryl/α,β-unsaturated/α-hetero) is 1. The number of benzene rings is 1. The van der Waals surface area contributed by atoms with Crippen LogP contribution in [0.3, 0.4) is 0 Å². The van der Waals surface area contributed by atoms with Crippen LogP contribution in [0.15, 0.2) is 30.5 Å². The van der Waals surface area contributed by atoms with Crippen molar-refractivity contribution < 1.29 is 9.53 Å². The smallest absolute Gasteiger partial charge is 0.162 e. The van der Waals surface area contributed by atoms with Gasteiger partial charge in [0, 0.05) is 37.1 Å². The van der Waals surface area contributed by atoms with Crippen molar-refractivity contribution in [2.45, 2.75) is 32.8 Å². The first-order valence-electron chi connectivity index (χ1n) is 6.72. The van der Waals surface area contributed by atoms with Crippen LogP contribution in [0.5, 0.6) is 0 Å². The Balaban J connectivity index is 2.16. The van der Waals surface area contributed by atoms with Gasteiger partial charge in [0.2, 0.25) is 0 Å². The lowest BCUT2D eigenvalue weighted by molar-refractivity contribution is -0.129.